The highest BCUT2D eigenvalue weighted by molar-refractivity contribution is 5.86. The summed E-state index contributed by atoms with van der Waals surface area (Å²) >= 11 is 0. The Morgan fingerprint density at radius 1 is 0.971 bits per heavy atom. The Morgan fingerprint density at radius 2 is 1.54 bits per heavy atom. The standard InChI is InChI=1S/C28H34N2O5/c1-18(2)24(25(31)29-17-28(26(32)33)14-8-3-9-15-28)30-27(34)35-16-23-21-12-6-4-10-19(21)20-11-5-7-13-22(20)23/h4-7,10-13,18,23-24H,3,8-9,14-17H2,1-2H3,(H,29,31)(H,30,34)(H,32,33)/t24-/m0/s1. The van der Waals surface area contributed by atoms with E-state index in [4.69, 9.17) is 4.74 Å². The summed E-state index contributed by atoms with van der Waals surface area (Å²) < 4.78 is 5.60. The van der Waals surface area contributed by atoms with Crippen molar-refractivity contribution < 1.29 is 24.2 Å². The number of hydrogen-bond acceptors (Lipinski definition) is 4. The van der Waals surface area contributed by atoms with Crippen LogP contribution in [0.15, 0.2) is 48.5 Å². The molecule has 1 saturated carbocycles. The first kappa shape index (κ1) is 24.8. The van der Waals surface area contributed by atoms with Gasteiger partial charge in [0.05, 0.1) is 5.41 Å². The molecular weight excluding hydrogens is 444 g/mol. The van der Waals surface area contributed by atoms with Gasteiger partial charge in [-0.3, -0.25) is 9.59 Å². The molecule has 1 fully saturated rings. The number of alkyl carbamates (subject to hydrolysis) is 1. The van der Waals surface area contributed by atoms with Gasteiger partial charge in [0, 0.05) is 12.5 Å². The molecule has 4 rings (SSSR count). The van der Waals surface area contributed by atoms with Gasteiger partial charge < -0.3 is 20.5 Å². The molecule has 1 atom stereocenters. The van der Waals surface area contributed by atoms with Crippen molar-refractivity contribution in [3.63, 3.8) is 0 Å². The highest BCUT2D eigenvalue weighted by atomic mass is 16.5. The van der Waals surface area contributed by atoms with Crippen molar-refractivity contribution in [2.24, 2.45) is 11.3 Å². The average Bonchev–Trinajstić information content (AvgIpc) is 3.18. The first-order valence-electron chi connectivity index (χ1n) is 12.4. The quantitative estimate of drug-likeness (QED) is 0.510. The van der Waals surface area contributed by atoms with Crippen molar-refractivity contribution >= 4 is 18.0 Å². The molecule has 7 heteroatoms. The second-order valence-electron chi connectivity index (χ2n) is 10.1. The van der Waals surface area contributed by atoms with Gasteiger partial charge in [0.1, 0.15) is 12.6 Å². The summed E-state index contributed by atoms with van der Waals surface area (Å²) in [5, 5.41) is 15.3. The van der Waals surface area contributed by atoms with E-state index < -0.39 is 23.5 Å². The van der Waals surface area contributed by atoms with Crippen molar-refractivity contribution in [1.29, 1.82) is 0 Å². The van der Waals surface area contributed by atoms with Crippen molar-refractivity contribution in [1.82, 2.24) is 10.6 Å². The van der Waals surface area contributed by atoms with E-state index in [0.29, 0.717) is 12.8 Å². The summed E-state index contributed by atoms with van der Waals surface area (Å²) in [6.07, 6.45) is 3.14. The average molecular weight is 479 g/mol. The summed E-state index contributed by atoms with van der Waals surface area (Å²) in [6.45, 7) is 3.90. The minimum absolute atomic E-state index is 0.0662. The molecule has 35 heavy (non-hydrogen) atoms. The number of carboxylic acid groups (broad SMARTS) is 1. The Balaban J connectivity index is 1.37. The number of amides is 2. The van der Waals surface area contributed by atoms with Crippen LogP contribution < -0.4 is 10.6 Å². The van der Waals surface area contributed by atoms with Crippen LogP contribution >= 0.6 is 0 Å². The lowest BCUT2D eigenvalue weighted by molar-refractivity contribution is -0.151. The summed E-state index contributed by atoms with van der Waals surface area (Å²) in [5.41, 5.74) is 3.59. The van der Waals surface area contributed by atoms with Crippen LogP contribution in [-0.4, -0.2) is 42.3 Å². The third-order valence-electron chi connectivity index (χ3n) is 7.43. The molecular formula is C28H34N2O5. The summed E-state index contributed by atoms with van der Waals surface area (Å²) in [5.74, 6) is -1.52. The molecule has 0 radical (unpaired) electrons. The van der Waals surface area contributed by atoms with E-state index in [1.807, 2.05) is 38.1 Å². The van der Waals surface area contributed by atoms with Crippen molar-refractivity contribution in [2.45, 2.75) is 57.9 Å². The first-order chi connectivity index (χ1) is 16.8. The number of rotatable bonds is 8. The van der Waals surface area contributed by atoms with Gasteiger partial charge >= 0.3 is 12.1 Å². The number of aliphatic carboxylic acids is 1. The van der Waals surface area contributed by atoms with Crippen LogP contribution in [-0.2, 0) is 14.3 Å². The molecule has 2 aromatic carbocycles. The third-order valence-corrected chi connectivity index (χ3v) is 7.43. The summed E-state index contributed by atoms with van der Waals surface area (Å²) in [7, 11) is 0. The second-order valence-corrected chi connectivity index (χ2v) is 10.1. The number of carbonyl (C=O) groups is 3. The van der Waals surface area contributed by atoms with Gasteiger partial charge in [0.25, 0.3) is 0 Å². The third kappa shape index (κ3) is 5.19. The van der Waals surface area contributed by atoms with Crippen molar-refractivity contribution in [3.05, 3.63) is 59.7 Å². The van der Waals surface area contributed by atoms with E-state index in [2.05, 4.69) is 34.9 Å². The van der Waals surface area contributed by atoms with Crippen LogP contribution in [0.3, 0.4) is 0 Å². The Morgan fingerprint density at radius 3 is 2.09 bits per heavy atom. The van der Waals surface area contributed by atoms with Crippen LogP contribution in [0.5, 0.6) is 0 Å². The Kier molecular flexibility index (Phi) is 7.43. The van der Waals surface area contributed by atoms with Gasteiger partial charge in [-0.25, -0.2) is 4.79 Å². The van der Waals surface area contributed by atoms with Crippen LogP contribution in [0, 0.1) is 11.3 Å². The molecule has 186 valence electrons. The Bertz CT molecular complexity index is 1040. The number of fused-ring (bicyclic) bond motifs is 3. The largest absolute Gasteiger partial charge is 0.481 e. The number of hydrogen-bond donors (Lipinski definition) is 3. The van der Waals surface area contributed by atoms with Gasteiger partial charge in [-0.1, -0.05) is 81.6 Å². The summed E-state index contributed by atoms with van der Waals surface area (Å²) in [6, 6.07) is 15.4. The maximum absolute atomic E-state index is 12.9. The molecule has 3 N–H and O–H groups in total. The number of ether oxygens (including phenoxy) is 1. The summed E-state index contributed by atoms with van der Waals surface area (Å²) in [4.78, 5) is 37.6. The van der Waals surface area contributed by atoms with E-state index >= 15 is 0 Å². The zero-order chi connectivity index (χ0) is 25.0. The molecule has 0 heterocycles. The zero-order valence-corrected chi connectivity index (χ0v) is 20.4. The molecule has 7 nitrogen and oxygen atoms in total. The van der Waals surface area contributed by atoms with Crippen LogP contribution in [0.25, 0.3) is 11.1 Å². The molecule has 2 aromatic rings. The van der Waals surface area contributed by atoms with Crippen molar-refractivity contribution in [3.8, 4) is 11.1 Å². The number of carbonyl (C=O) groups excluding carboxylic acids is 2. The van der Waals surface area contributed by atoms with Crippen molar-refractivity contribution in [2.75, 3.05) is 13.2 Å². The number of carboxylic acids is 1. The van der Waals surface area contributed by atoms with Gasteiger partial charge in [0.2, 0.25) is 5.91 Å². The predicted molar refractivity (Wildman–Crippen MR) is 133 cm³/mol. The molecule has 0 bridgehead atoms. The maximum Gasteiger partial charge on any atom is 0.407 e. The van der Waals surface area contributed by atoms with Gasteiger partial charge in [-0.2, -0.15) is 0 Å². The fourth-order valence-corrected chi connectivity index (χ4v) is 5.36. The van der Waals surface area contributed by atoms with E-state index in [-0.39, 0.29) is 30.9 Å². The Hall–Kier alpha value is -3.35. The molecule has 0 unspecified atom stereocenters. The number of benzene rings is 2. The zero-order valence-electron chi connectivity index (χ0n) is 20.4. The SMILES string of the molecule is CC(C)[C@H](NC(=O)OCC1c2ccccc2-c2ccccc21)C(=O)NCC1(C(=O)O)CCCCC1. The minimum atomic E-state index is -0.931. The van der Waals surface area contributed by atoms with E-state index in [9.17, 15) is 19.5 Å². The van der Waals surface area contributed by atoms with Crippen LogP contribution in [0.1, 0.15) is 63.0 Å². The van der Waals surface area contributed by atoms with Crippen LogP contribution in [0.2, 0.25) is 0 Å². The fourth-order valence-electron chi connectivity index (χ4n) is 5.36. The predicted octanol–water partition coefficient (Wildman–Crippen LogP) is 4.70. The molecule has 2 amide bonds. The molecule has 0 aliphatic heterocycles. The fraction of sp³-hybridized carbons (Fsp3) is 0.464. The number of nitrogens with one attached hydrogen (secondary N) is 2. The van der Waals surface area contributed by atoms with E-state index in [1.165, 1.54) is 0 Å². The maximum atomic E-state index is 12.9. The van der Waals surface area contributed by atoms with E-state index in [1.54, 1.807) is 0 Å². The highest BCUT2D eigenvalue weighted by Gasteiger charge is 2.40. The molecule has 0 saturated heterocycles. The molecule has 2 aliphatic rings. The Labute approximate surface area is 206 Å². The molecule has 2 aliphatic carbocycles. The smallest absolute Gasteiger partial charge is 0.407 e. The monoisotopic (exact) mass is 478 g/mol. The van der Waals surface area contributed by atoms with Crippen LogP contribution in [0.4, 0.5) is 4.79 Å². The lowest BCUT2D eigenvalue weighted by atomic mass is 9.74. The van der Waals surface area contributed by atoms with Gasteiger partial charge in [-0.05, 0) is 41.0 Å². The highest BCUT2D eigenvalue weighted by Crippen LogP contribution is 2.44. The second kappa shape index (κ2) is 10.5. The normalized spacial score (nSPS) is 17.2. The first-order valence-corrected chi connectivity index (χ1v) is 12.4. The topological polar surface area (TPSA) is 105 Å². The lowest BCUT2D eigenvalue weighted by Crippen LogP contribution is -2.53. The lowest BCUT2D eigenvalue weighted by Gasteiger charge is -2.34. The molecule has 0 aromatic heterocycles. The van der Waals surface area contributed by atoms with Gasteiger partial charge in [-0.15, -0.1) is 0 Å². The van der Waals surface area contributed by atoms with E-state index in [0.717, 1.165) is 41.5 Å². The van der Waals surface area contributed by atoms with Gasteiger partial charge in [0.15, 0.2) is 0 Å². The minimum Gasteiger partial charge on any atom is -0.481 e. The molecule has 0 spiro atoms.